The lowest BCUT2D eigenvalue weighted by atomic mass is 10.2. The zero-order valence-corrected chi connectivity index (χ0v) is 12.8. The maximum Gasteiger partial charge on any atom is 0.0479 e. The molecular formula is C16H27N3O. The van der Waals surface area contributed by atoms with Crippen LogP contribution in [0.15, 0.2) is 24.3 Å². The van der Waals surface area contributed by atoms with E-state index in [1.165, 1.54) is 24.5 Å². The number of likely N-dealkylation sites (N-methyl/N-ethyl adjacent to an activating group) is 1. The number of nitrogens with one attached hydrogen (secondary N) is 1. The van der Waals surface area contributed by atoms with Crippen LogP contribution in [0.5, 0.6) is 0 Å². The first-order valence-electron chi connectivity index (χ1n) is 7.63. The number of hydrogen-bond acceptors (Lipinski definition) is 4. The molecular weight excluding hydrogens is 250 g/mol. The molecule has 0 atom stereocenters. The molecule has 1 aliphatic heterocycles. The molecule has 1 fully saturated rings. The maximum absolute atomic E-state index is 5.05. The van der Waals surface area contributed by atoms with Gasteiger partial charge in [-0.15, -0.1) is 0 Å². The number of ether oxygens (including phenoxy) is 1. The second-order valence-electron chi connectivity index (χ2n) is 5.24. The van der Waals surface area contributed by atoms with Crippen LogP contribution in [0.3, 0.4) is 0 Å². The van der Waals surface area contributed by atoms with E-state index >= 15 is 0 Å². The van der Waals surface area contributed by atoms with Crippen molar-refractivity contribution in [2.45, 2.75) is 13.3 Å². The van der Waals surface area contributed by atoms with Gasteiger partial charge in [-0.2, -0.15) is 0 Å². The molecule has 0 aromatic heterocycles. The van der Waals surface area contributed by atoms with Gasteiger partial charge in [0, 0.05) is 57.8 Å². The number of nitrogens with zero attached hydrogens (tertiary/aromatic N) is 2. The molecule has 1 aromatic carbocycles. The minimum Gasteiger partial charge on any atom is -0.385 e. The first kappa shape index (κ1) is 15.1. The molecule has 0 bridgehead atoms. The predicted octanol–water partition coefficient (Wildman–Crippen LogP) is 2.28. The van der Waals surface area contributed by atoms with E-state index in [0.29, 0.717) is 0 Å². The third-order valence-electron chi connectivity index (χ3n) is 3.91. The molecule has 2 rings (SSSR count). The van der Waals surface area contributed by atoms with Crippen LogP contribution in [-0.4, -0.2) is 57.9 Å². The van der Waals surface area contributed by atoms with Crippen molar-refractivity contribution in [3.63, 3.8) is 0 Å². The summed E-state index contributed by atoms with van der Waals surface area (Å²) in [6.07, 6.45) is 1.04. The molecule has 0 unspecified atom stereocenters. The van der Waals surface area contributed by atoms with Crippen molar-refractivity contribution in [2.24, 2.45) is 0 Å². The average molecular weight is 277 g/mol. The first-order chi connectivity index (χ1) is 9.83. The van der Waals surface area contributed by atoms with E-state index in [1.54, 1.807) is 7.11 Å². The SMILES string of the molecule is CCN1CCN(c2ccc(NCCCOC)cc2)CC1. The van der Waals surface area contributed by atoms with Gasteiger partial charge in [0.15, 0.2) is 0 Å². The predicted molar refractivity (Wildman–Crippen MR) is 85.8 cm³/mol. The van der Waals surface area contributed by atoms with Crippen molar-refractivity contribution in [2.75, 3.05) is 63.2 Å². The Hall–Kier alpha value is -1.26. The third-order valence-corrected chi connectivity index (χ3v) is 3.91. The molecule has 4 heteroatoms. The summed E-state index contributed by atoms with van der Waals surface area (Å²) in [7, 11) is 1.74. The molecule has 20 heavy (non-hydrogen) atoms. The van der Waals surface area contributed by atoms with Gasteiger partial charge in [0.1, 0.15) is 0 Å². The van der Waals surface area contributed by atoms with Gasteiger partial charge in [0.25, 0.3) is 0 Å². The Balaban J connectivity index is 1.79. The van der Waals surface area contributed by atoms with Crippen LogP contribution < -0.4 is 10.2 Å². The summed E-state index contributed by atoms with van der Waals surface area (Å²) in [6.45, 7) is 9.79. The van der Waals surface area contributed by atoms with Crippen molar-refractivity contribution < 1.29 is 4.74 Å². The Labute approximate surface area is 122 Å². The van der Waals surface area contributed by atoms with Gasteiger partial charge < -0.3 is 19.9 Å². The summed E-state index contributed by atoms with van der Waals surface area (Å²) in [6, 6.07) is 8.79. The van der Waals surface area contributed by atoms with Crippen LogP contribution in [0.25, 0.3) is 0 Å². The Bertz CT molecular complexity index is 372. The largest absolute Gasteiger partial charge is 0.385 e. The molecule has 1 saturated heterocycles. The van der Waals surface area contributed by atoms with Gasteiger partial charge >= 0.3 is 0 Å². The number of piperazine rings is 1. The zero-order valence-electron chi connectivity index (χ0n) is 12.8. The molecule has 1 heterocycles. The first-order valence-corrected chi connectivity index (χ1v) is 7.63. The quantitative estimate of drug-likeness (QED) is 0.774. The average Bonchev–Trinajstić information content (AvgIpc) is 2.52. The van der Waals surface area contributed by atoms with E-state index in [-0.39, 0.29) is 0 Å². The van der Waals surface area contributed by atoms with Gasteiger partial charge in [-0.3, -0.25) is 0 Å². The Morgan fingerprint density at radius 1 is 1.10 bits per heavy atom. The molecule has 4 nitrogen and oxygen atoms in total. The minimum absolute atomic E-state index is 0.812. The van der Waals surface area contributed by atoms with Crippen molar-refractivity contribution in [3.8, 4) is 0 Å². The van der Waals surface area contributed by atoms with Crippen LogP contribution in [0.4, 0.5) is 11.4 Å². The van der Waals surface area contributed by atoms with E-state index in [4.69, 9.17) is 4.74 Å². The number of rotatable bonds is 7. The smallest absolute Gasteiger partial charge is 0.0479 e. The summed E-state index contributed by atoms with van der Waals surface area (Å²) in [5.74, 6) is 0. The molecule has 1 aromatic rings. The van der Waals surface area contributed by atoms with Gasteiger partial charge in [-0.05, 0) is 37.2 Å². The minimum atomic E-state index is 0.812. The fraction of sp³-hybridized carbons (Fsp3) is 0.625. The lowest BCUT2D eigenvalue weighted by Crippen LogP contribution is -2.46. The molecule has 0 saturated carbocycles. The Morgan fingerprint density at radius 3 is 2.40 bits per heavy atom. The Kier molecular flexibility index (Phi) is 6.15. The van der Waals surface area contributed by atoms with Crippen LogP contribution in [0.2, 0.25) is 0 Å². The molecule has 0 amide bonds. The lowest BCUT2D eigenvalue weighted by molar-refractivity contribution is 0.198. The second-order valence-corrected chi connectivity index (χ2v) is 5.24. The third kappa shape index (κ3) is 4.39. The van der Waals surface area contributed by atoms with Crippen molar-refractivity contribution >= 4 is 11.4 Å². The molecule has 0 radical (unpaired) electrons. The summed E-state index contributed by atoms with van der Waals surface area (Å²) < 4.78 is 5.05. The number of methoxy groups -OCH3 is 1. The molecule has 112 valence electrons. The number of hydrogen-bond donors (Lipinski definition) is 1. The van der Waals surface area contributed by atoms with E-state index in [0.717, 1.165) is 39.2 Å². The number of benzene rings is 1. The number of anilines is 2. The standard InChI is InChI=1S/C16H27N3O/c1-3-18-10-12-19(13-11-18)16-7-5-15(6-8-16)17-9-4-14-20-2/h5-8,17H,3-4,9-14H2,1-2H3. The van der Waals surface area contributed by atoms with Crippen LogP contribution in [-0.2, 0) is 4.74 Å². The Morgan fingerprint density at radius 2 is 1.80 bits per heavy atom. The summed E-state index contributed by atoms with van der Waals surface area (Å²) in [4.78, 5) is 4.98. The van der Waals surface area contributed by atoms with E-state index in [2.05, 4.69) is 46.3 Å². The van der Waals surface area contributed by atoms with Crippen LogP contribution in [0, 0.1) is 0 Å². The monoisotopic (exact) mass is 277 g/mol. The van der Waals surface area contributed by atoms with Gasteiger partial charge in [0.2, 0.25) is 0 Å². The molecule has 1 aliphatic rings. The lowest BCUT2D eigenvalue weighted by Gasteiger charge is -2.35. The fourth-order valence-electron chi connectivity index (χ4n) is 2.56. The van der Waals surface area contributed by atoms with Crippen molar-refractivity contribution in [3.05, 3.63) is 24.3 Å². The van der Waals surface area contributed by atoms with Crippen LogP contribution >= 0.6 is 0 Å². The van der Waals surface area contributed by atoms with Gasteiger partial charge in [-0.1, -0.05) is 6.92 Å². The van der Waals surface area contributed by atoms with E-state index in [9.17, 15) is 0 Å². The zero-order chi connectivity index (χ0) is 14.2. The van der Waals surface area contributed by atoms with E-state index < -0.39 is 0 Å². The second kappa shape index (κ2) is 8.12. The van der Waals surface area contributed by atoms with Gasteiger partial charge in [0.05, 0.1) is 0 Å². The highest BCUT2D eigenvalue weighted by atomic mass is 16.5. The summed E-state index contributed by atoms with van der Waals surface area (Å²) in [5, 5.41) is 3.42. The summed E-state index contributed by atoms with van der Waals surface area (Å²) >= 11 is 0. The topological polar surface area (TPSA) is 27.7 Å². The van der Waals surface area contributed by atoms with Gasteiger partial charge in [-0.25, -0.2) is 0 Å². The molecule has 1 N–H and O–H groups in total. The highest BCUT2D eigenvalue weighted by Gasteiger charge is 2.15. The fourth-order valence-corrected chi connectivity index (χ4v) is 2.56. The van der Waals surface area contributed by atoms with Crippen LogP contribution in [0.1, 0.15) is 13.3 Å². The van der Waals surface area contributed by atoms with Crippen molar-refractivity contribution in [1.82, 2.24) is 4.90 Å². The highest BCUT2D eigenvalue weighted by Crippen LogP contribution is 2.19. The molecule has 0 spiro atoms. The van der Waals surface area contributed by atoms with E-state index in [1.807, 2.05) is 0 Å². The summed E-state index contributed by atoms with van der Waals surface area (Å²) in [5.41, 5.74) is 2.53. The van der Waals surface area contributed by atoms with Crippen molar-refractivity contribution in [1.29, 1.82) is 0 Å². The normalized spacial score (nSPS) is 16.4. The molecule has 0 aliphatic carbocycles. The highest BCUT2D eigenvalue weighted by molar-refractivity contribution is 5.55. The maximum atomic E-state index is 5.05.